The summed E-state index contributed by atoms with van der Waals surface area (Å²) >= 11 is 5.97. The third kappa shape index (κ3) is 4.47. The van der Waals surface area contributed by atoms with Crippen molar-refractivity contribution in [2.45, 2.75) is 25.8 Å². The van der Waals surface area contributed by atoms with Crippen LogP contribution in [0.15, 0.2) is 18.2 Å². The van der Waals surface area contributed by atoms with Gasteiger partial charge in [0, 0.05) is 43.5 Å². The number of carbonyl (C=O) groups excluding carboxylic acids is 1. The molecule has 1 aromatic heterocycles. The first-order valence-corrected chi connectivity index (χ1v) is 8.72. The zero-order valence-corrected chi connectivity index (χ0v) is 14.6. The van der Waals surface area contributed by atoms with Gasteiger partial charge in [0.25, 0.3) is 0 Å². The van der Waals surface area contributed by atoms with Crippen LogP contribution >= 0.6 is 11.6 Å². The largest absolute Gasteiger partial charge is 0.379 e. The fourth-order valence-corrected chi connectivity index (χ4v) is 3.13. The molecular weight excluding hydrogens is 328 g/mol. The number of H-pyrrole nitrogens is 1. The summed E-state index contributed by atoms with van der Waals surface area (Å²) in [6, 6.07) is 5.81. The molecule has 3 rings (SSSR count). The second kappa shape index (κ2) is 7.96. The summed E-state index contributed by atoms with van der Waals surface area (Å²) in [5.74, 6) is 0.932. The van der Waals surface area contributed by atoms with Crippen LogP contribution in [-0.2, 0) is 16.0 Å². The highest BCUT2D eigenvalue weighted by Crippen LogP contribution is 2.17. The molecule has 1 unspecified atom stereocenters. The average Bonchev–Trinajstić information content (AvgIpc) is 2.97. The first-order valence-electron chi connectivity index (χ1n) is 8.34. The fourth-order valence-electron chi connectivity index (χ4n) is 2.96. The molecule has 1 aromatic carbocycles. The van der Waals surface area contributed by atoms with Gasteiger partial charge in [-0.15, -0.1) is 0 Å². The van der Waals surface area contributed by atoms with E-state index in [9.17, 15) is 4.79 Å². The molecular formula is C17H23ClN4O2. The van der Waals surface area contributed by atoms with E-state index in [0.717, 1.165) is 43.2 Å². The van der Waals surface area contributed by atoms with E-state index in [0.29, 0.717) is 24.4 Å². The molecule has 2 heterocycles. The third-order valence-electron chi connectivity index (χ3n) is 4.33. The summed E-state index contributed by atoms with van der Waals surface area (Å²) in [5.41, 5.74) is 1.81. The van der Waals surface area contributed by atoms with E-state index in [-0.39, 0.29) is 11.9 Å². The van der Waals surface area contributed by atoms with Gasteiger partial charge in [0.15, 0.2) is 0 Å². The van der Waals surface area contributed by atoms with Crippen molar-refractivity contribution in [2.24, 2.45) is 0 Å². The Morgan fingerprint density at radius 2 is 2.25 bits per heavy atom. The van der Waals surface area contributed by atoms with Gasteiger partial charge < -0.3 is 15.0 Å². The van der Waals surface area contributed by atoms with Crippen molar-refractivity contribution in [3.8, 4) is 0 Å². The normalized spacial score (nSPS) is 17.1. The monoisotopic (exact) mass is 350 g/mol. The highest BCUT2D eigenvalue weighted by atomic mass is 35.5. The summed E-state index contributed by atoms with van der Waals surface area (Å²) in [6.45, 7) is 5.96. The first-order chi connectivity index (χ1) is 11.6. The summed E-state index contributed by atoms with van der Waals surface area (Å²) in [5, 5.41) is 3.66. The van der Waals surface area contributed by atoms with Crippen molar-refractivity contribution in [2.75, 3.05) is 32.8 Å². The number of fused-ring (bicyclic) bond motifs is 1. The predicted octanol–water partition coefficient (Wildman–Crippen LogP) is 1.99. The number of morpholine rings is 1. The number of nitrogens with one attached hydrogen (secondary N) is 2. The summed E-state index contributed by atoms with van der Waals surface area (Å²) in [7, 11) is 0. The molecule has 1 amide bonds. The van der Waals surface area contributed by atoms with E-state index in [4.69, 9.17) is 16.3 Å². The van der Waals surface area contributed by atoms with Gasteiger partial charge in [-0.3, -0.25) is 9.69 Å². The van der Waals surface area contributed by atoms with Gasteiger partial charge in [0.1, 0.15) is 5.82 Å². The summed E-state index contributed by atoms with van der Waals surface area (Å²) in [4.78, 5) is 22.1. The number of rotatable bonds is 6. The summed E-state index contributed by atoms with van der Waals surface area (Å²) < 4.78 is 5.34. The second-order valence-corrected chi connectivity index (χ2v) is 6.58. The Morgan fingerprint density at radius 3 is 3.04 bits per heavy atom. The molecule has 2 aromatic rings. The van der Waals surface area contributed by atoms with E-state index in [1.807, 2.05) is 18.2 Å². The van der Waals surface area contributed by atoms with Gasteiger partial charge in [-0.05, 0) is 25.1 Å². The average molecular weight is 351 g/mol. The van der Waals surface area contributed by atoms with Crippen LogP contribution < -0.4 is 5.32 Å². The Balaban J connectivity index is 1.43. The molecule has 1 saturated heterocycles. The number of amides is 1. The molecule has 0 aliphatic carbocycles. The van der Waals surface area contributed by atoms with E-state index >= 15 is 0 Å². The topological polar surface area (TPSA) is 70.2 Å². The zero-order valence-electron chi connectivity index (χ0n) is 13.8. The molecule has 1 aliphatic rings. The predicted molar refractivity (Wildman–Crippen MR) is 94.3 cm³/mol. The lowest BCUT2D eigenvalue weighted by molar-refractivity contribution is -0.122. The van der Waals surface area contributed by atoms with Crippen molar-refractivity contribution in [3.63, 3.8) is 0 Å². The molecule has 0 bridgehead atoms. The van der Waals surface area contributed by atoms with Gasteiger partial charge in [-0.2, -0.15) is 0 Å². The van der Waals surface area contributed by atoms with Crippen molar-refractivity contribution < 1.29 is 9.53 Å². The number of halogens is 1. The fraction of sp³-hybridized carbons (Fsp3) is 0.529. The maximum Gasteiger partial charge on any atom is 0.221 e. The minimum atomic E-state index is 0.0770. The lowest BCUT2D eigenvalue weighted by Gasteiger charge is -2.31. The van der Waals surface area contributed by atoms with Gasteiger partial charge in [-0.25, -0.2) is 4.98 Å². The van der Waals surface area contributed by atoms with E-state index in [1.165, 1.54) is 0 Å². The SMILES string of the molecule is CC(CC(=O)NCCc1nc2ccc(Cl)cc2[nH]1)N1CCOCC1. The number of hydrogen-bond acceptors (Lipinski definition) is 4. The van der Waals surface area contributed by atoms with Crippen LogP contribution in [0.25, 0.3) is 11.0 Å². The van der Waals surface area contributed by atoms with Gasteiger partial charge in [0.05, 0.1) is 24.2 Å². The van der Waals surface area contributed by atoms with E-state index in [1.54, 1.807) is 0 Å². The van der Waals surface area contributed by atoms with Crippen LogP contribution in [0.5, 0.6) is 0 Å². The van der Waals surface area contributed by atoms with Gasteiger partial charge >= 0.3 is 0 Å². The number of hydrogen-bond donors (Lipinski definition) is 2. The van der Waals surface area contributed by atoms with Crippen LogP contribution in [0.4, 0.5) is 0 Å². The third-order valence-corrected chi connectivity index (χ3v) is 4.56. The molecule has 0 saturated carbocycles. The molecule has 1 aliphatic heterocycles. The smallest absolute Gasteiger partial charge is 0.221 e. The summed E-state index contributed by atoms with van der Waals surface area (Å²) in [6.07, 6.45) is 1.18. The Bertz CT molecular complexity index is 697. The molecule has 24 heavy (non-hydrogen) atoms. The first kappa shape index (κ1) is 17.2. The van der Waals surface area contributed by atoms with Crippen molar-refractivity contribution in [3.05, 3.63) is 29.0 Å². The Kier molecular flexibility index (Phi) is 5.71. The molecule has 0 spiro atoms. The lowest BCUT2D eigenvalue weighted by atomic mass is 10.2. The van der Waals surface area contributed by atoms with Crippen LogP contribution in [0.3, 0.4) is 0 Å². The number of aromatic nitrogens is 2. The van der Waals surface area contributed by atoms with E-state index < -0.39 is 0 Å². The van der Waals surface area contributed by atoms with Crippen molar-refractivity contribution in [1.82, 2.24) is 20.2 Å². The second-order valence-electron chi connectivity index (χ2n) is 6.15. The number of nitrogens with zero attached hydrogens (tertiary/aromatic N) is 2. The van der Waals surface area contributed by atoms with Crippen molar-refractivity contribution >= 4 is 28.5 Å². The highest BCUT2D eigenvalue weighted by Gasteiger charge is 2.19. The maximum atomic E-state index is 12.1. The Hall–Kier alpha value is -1.63. The Labute approximate surface area is 146 Å². The number of carbonyl (C=O) groups is 1. The molecule has 0 radical (unpaired) electrons. The quantitative estimate of drug-likeness (QED) is 0.835. The molecule has 1 atom stereocenters. The number of imidazole rings is 1. The molecule has 6 nitrogen and oxygen atoms in total. The number of benzene rings is 1. The van der Waals surface area contributed by atoms with Crippen LogP contribution in [0.1, 0.15) is 19.2 Å². The van der Waals surface area contributed by atoms with Gasteiger partial charge in [-0.1, -0.05) is 11.6 Å². The molecule has 7 heteroatoms. The van der Waals surface area contributed by atoms with Crippen LogP contribution in [-0.4, -0.2) is 59.7 Å². The number of aromatic amines is 1. The molecule has 130 valence electrons. The maximum absolute atomic E-state index is 12.1. The lowest BCUT2D eigenvalue weighted by Crippen LogP contribution is -2.44. The Morgan fingerprint density at radius 1 is 1.46 bits per heavy atom. The minimum absolute atomic E-state index is 0.0770. The standard InChI is InChI=1S/C17H23ClN4O2/c1-12(22-6-8-24-9-7-22)10-17(23)19-5-4-16-20-14-3-2-13(18)11-15(14)21-16/h2-3,11-12H,4-10H2,1H3,(H,19,23)(H,20,21). The molecule has 1 fully saturated rings. The minimum Gasteiger partial charge on any atom is -0.379 e. The van der Waals surface area contributed by atoms with E-state index in [2.05, 4.69) is 27.1 Å². The zero-order chi connectivity index (χ0) is 16.9. The number of ether oxygens (including phenoxy) is 1. The van der Waals surface area contributed by atoms with Crippen molar-refractivity contribution in [1.29, 1.82) is 0 Å². The molecule has 2 N–H and O–H groups in total. The van der Waals surface area contributed by atoms with Crippen LogP contribution in [0, 0.1) is 0 Å². The van der Waals surface area contributed by atoms with Crippen LogP contribution in [0.2, 0.25) is 5.02 Å². The van der Waals surface area contributed by atoms with Gasteiger partial charge in [0.2, 0.25) is 5.91 Å². The highest BCUT2D eigenvalue weighted by molar-refractivity contribution is 6.31.